The number of benzene rings is 1. The van der Waals surface area contributed by atoms with Gasteiger partial charge < -0.3 is 14.6 Å². The van der Waals surface area contributed by atoms with Crippen molar-refractivity contribution in [1.82, 2.24) is 14.9 Å². The highest BCUT2D eigenvalue weighted by Crippen LogP contribution is 2.15. The summed E-state index contributed by atoms with van der Waals surface area (Å²) in [6, 6.07) is 13.9. The monoisotopic (exact) mass is 309 g/mol. The molecule has 0 bridgehead atoms. The Labute approximate surface area is 134 Å². The van der Waals surface area contributed by atoms with Crippen LogP contribution in [0, 0.1) is 0 Å². The molecule has 1 amide bonds. The number of nitrogens with zero attached hydrogens (tertiary/aromatic N) is 2. The van der Waals surface area contributed by atoms with E-state index in [4.69, 9.17) is 4.74 Å². The summed E-state index contributed by atoms with van der Waals surface area (Å²) >= 11 is 0. The number of ether oxygens (including phenoxy) is 1. The number of aromatic nitrogens is 2. The van der Waals surface area contributed by atoms with E-state index in [1.54, 1.807) is 24.5 Å². The number of pyridine rings is 1. The quantitative estimate of drug-likeness (QED) is 0.683. The first-order chi connectivity index (χ1) is 11.3. The van der Waals surface area contributed by atoms with Gasteiger partial charge in [-0.05, 0) is 36.1 Å². The summed E-state index contributed by atoms with van der Waals surface area (Å²) in [5.41, 5.74) is 1.22. The number of nitrogens with one attached hydrogen (secondary N) is 1. The highest BCUT2D eigenvalue weighted by atomic mass is 16.5. The maximum atomic E-state index is 11.7. The summed E-state index contributed by atoms with van der Waals surface area (Å²) in [6.45, 7) is 1.51. The van der Waals surface area contributed by atoms with Crippen molar-refractivity contribution in [3.63, 3.8) is 0 Å². The van der Waals surface area contributed by atoms with E-state index >= 15 is 0 Å². The van der Waals surface area contributed by atoms with Gasteiger partial charge in [-0.25, -0.2) is 0 Å². The zero-order valence-corrected chi connectivity index (χ0v) is 12.8. The first kappa shape index (κ1) is 15.1. The van der Waals surface area contributed by atoms with Gasteiger partial charge in [-0.1, -0.05) is 18.2 Å². The van der Waals surface area contributed by atoms with Gasteiger partial charge in [0.05, 0.1) is 6.20 Å². The number of carbonyl (C=O) groups excluding carboxylic acids is 1. The Morgan fingerprint density at radius 2 is 2.09 bits per heavy atom. The van der Waals surface area contributed by atoms with Crippen LogP contribution < -0.4 is 10.1 Å². The largest absolute Gasteiger partial charge is 0.482 e. The van der Waals surface area contributed by atoms with Crippen LogP contribution in [0.15, 0.2) is 61.1 Å². The number of amides is 1. The second kappa shape index (κ2) is 7.45. The van der Waals surface area contributed by atoms with Crippen LogP contribution >= 0.6 is 0 Å². The van der Waals surface area contributed by atoms with Crippen molar-refractivity contribution in [3.05, 3.63) is 61.1 Å². The van der Waals surface area contributed by atoms with E-state index in [-0.39, 0.29) is 12.5 Å². The van der Waals surface area contributed by atoms with Crippen LogP contribution in [0.25, 0.3) is 10.9 Å². The van der Waals surface area contributed by atoms with Crippen molar-refractivity contribution in [3.8, 4) is 5.75 Å². The first-order valence-corrected chi connectivity index (χ1v) is 7.66. The van der Waals surface area contributed by atoms with E-state index in [1.807, 2.05) is 12.1 Å². The molecule has 118 valence electrons. The molecule has 1 N–H and O–H groups in total. The molecule has 0 aliphatic carbocycles. The zero-order chi connectivity index (χ0) is 15.9. The topological polar surface area (TPSA) is 56.1 Å². The minimum atomic E-state index is -0.119. The molecule has 0 fully saturated rings. The van der Waals surface area contributed by atoms with Gasteiger partial charge in [-0.2, -0.15) is 0 Å². The van der Waals surface area contributed by atoms with Crippen molar-refractivity contribution in [1.29, 1.82) is 0 Å². The molecule has 0 unspecified atom stereocenters. The Morgan fingerprint density at radius 3 is 2.96 bits per heavy atom. The van der Waals surface area contributed by atoms with Crippen LogP contribution in [0.3, 0.4) is 0 Å². The Bertz CT molecular complexity index is 768. The van der Waals surface area contributed by atoms with Crippen LogP contribution in [0.4, 0.5) is 0 Å². The third-order valence-corrected chi connectivity index (χ3v) is 3.58. The lowest BCUT2D eigenvalue weighted by Gasteiger charge is -2.08. The smallest absolute Gasteiger partial charge is 0.257 e. The minimum absolute atomic E-state index is 0.0120. The van der Waals surface area contributed by atoms with Crippen molar-refractivity contribution in [2.45, 2.75) is 13.0 Å². The molecule has 0 spiro atoms. The van der Waals surface area contributed by atoms with Crippen LogP contribution in [0.2, 0.25) is 0 Å². The molecule has 0 saturated heterocycles. The van der Waals surface area contributed by atoms with E-state index in [0.29, 0.717) is 12.3 Å². The molecule has 0 radical (unpaired) electrons. The number of rotatable bonds is 7. The lowest BCUT2D eigenvalue weighted by molar-refractivity contribution is -0.123. The van der Waals surface area contributed by atoms with Crippen LogP contribution in [0.1, 0.15) is 6.42 Å². The predicted molar refractivity (Wildman–Crippen MR) is 89.3 cm³/mol. The zero-order valence-electron chi connectivity index (χ0n) is 12.8. The summed E-state index contributed by atoms with van der Waals surface area (Å²) in [5, 5.41) is 4.10. The van der Waals surface area contributed by atoms with Crippen molar-refractivity contribution in [2.75, 3.05) is 13.2 Å². The fraction of sp³-hybridized carbons (Fsp3) is 0.222. The number of para-hydroxylation sites is 1. The maximum Gasteiger partial charge on any atom is 0.257 e. The predicted octanol–water partition coefficient (Wildman–Crippen LogP) is 2.62. The third kappa shape index (κ3) is 4.10. The van der Waals surface area contributed by atoms with Crippen LogP contribution in [-0.4, -0.2) is 28.6 Å². The number of aryl methyl sites for hydroxylation is 1. The van der Waals surface area contributed by atoms with Crippen LogP contribution in [-0.2, 0) is 11.3 Å². The lowest BCUT2D eigenvalue weighted by Crippen LogP contribution is -2.30. The first-order valence-electron chi connectivity index (χ1n) is 7.66. The molecule has 5 nitrogen and oxygen atoms in total. The summed E-state index contributed by atoms with van der Waals surface area (Å²) in [5.74, 6) is 0.479. The number of fused-ring (bicyclic) bond motifs is 1. The van der Waals surface area contributed by atoms with Crippen LogP contribution in [0.5, 0.6) is 5.75 Å². The minimum Gasteiger partial charge on any atom is -0.482 e. The number of hydrogen-bond acceptors (Lipinski definition) is 3. The van der Waals surface area contributed by atoms with E-state index in [1.165, 1.54) is 10.9 Å². The molecule has 3 rings (SSSR count). The SMILES string of the molecule is O=C(COc1cccnc1)NCCCn1ccc2ccccc21. The second-order valence-corrected chi connectivity index (χ2v) is 5.25. The molecule has 3 aromatic rings. The molecular formula is C18H19N3O2. The van der Waals surface area contributed by atoms with Crippen molar-refractivity contribution in [2.24, 2.45) is 0 Å². The average Bonchev–Trinajstić information content (AvgIpc) is 3.01. The molecule has 1 aromatic carbocycles. The summed E-state index contributed by atoms with van der Waals surface area (Å²) in [6.07, 6.45) is 6.21. The molecule has 5 heteroatoms. The highest BCUT2D eigenvalue weighted by molar-refractivity contribution is 5.80. The molecule has 2 heterocycles. The number of hydrogen-bond donors (Lipinski definition) is 1. The fourth-order valence-corrected chi connectivity index (χ4v) is 2.45. The van der Waals surface area contributed by atoms with E-state index < -0.39 is 0 Å². The summed E-state index contributed by atoms with van der Waals surface area (Å²) in [4.78, 5) is 15.7. The van der Waals surface area contributed by atoms with Crippen molar-refractivity contribution < 1.29 is 9.53 Å². The van der Waals surface area contributed by atoms with Gasteiger partial charge in [-0.15, -0.1) is 0 Å². The van der Waals surface area contributed by atoms with Gasteiger partial charge in [0.25, 0.3) is 5.91 Å². The standard InChI is InChI=1S/C18H19N3O2/c22-18(14-23-16-6-3-9-19-13-16)20-10-4-11-21-12-8-15-5-1-2-7-17(15)21/h1-3,5-9,12-13H,4,10-11,14H2,(H,20,22). The Hall–Kier alpha value is -2.82. The fourth-order valence-electron chi connectivity index (χ4n) is 2.45. The van der Waals surface area contributed by atoms with Gasteiger partial charge in [-0.3, -0.25) is 9.78 Å². The summed E-state index contributed by atoms with van der Waals surface area (Å²) < 4.78 is 7.55. The average molecular weight is 309 g/mol. The Balaban J connectivity index is 1.39. The van der Waals surface area contributed by atoms with E-state index in [9.17, 15) is 4.79 Å². The highest BCUT2D eigenvalue weighted by Gasteiger charge is 2.03. The molecular weight excluding hydrogens is 290 g/mol. The van der Waals surface area contributed by atoms with Gasteiger partial charge in [0.2, 0.25) is 0 Å². The lowest BCUT2D eigenvalue weighted by atomic mass is 10.2. The normalized spacial score (nSPS) is 10.6. The molecule has 2 aromatic heterocycles. The van der Waals surface area contributed by atoms with Gasteiger partial charge in [0, 0.05) is 31.0 Å². The molecule has 0 atom stereocenters. The van der Waals surface area contributed by atoms with E-state index in [2.05, 4.69) is 39.3 Å². The van der Waals surface area contributed by atoms with E-state index in [0.717, 1.165) is 13.0 Å². The molecule has 0 saturated carbocycles. The molecule has 0 aliphatic rings. The number of carbonyl (C=O) groups is 1. The molecule has 0 aliphatic heterocycles. The molecule has 23 heavy (non-hydrogen) atoms. The second-order valence-electron chi connectivity index (χ2n) is 5.25. The maximum absolute atomic E-state index is 11.7. The van der Waals surface area contributed by atoms with Gasteiger partial charge >= 0.3 is 0 Å². The van der Waals surface area contributed by atoms with Gasteiger partial charge in [0.15, 0.2) is 6.61 Å². The summed E-state index contributed by atoms with van der Waals surface area (Å²) in [7, 11) is 0. The Kier molecular flexibility index (Phi) is 4.88. The van der Waals surface area contributed by atoms with Gasteiger partial charge in [0.1, 0.15) is 5.75 Å². The van der Waals surface area contributed by atoms with Crippen molar-refractivity contribution >= 4 is 16.8 Å². The third-order valence-electron chi connectivity index (χ3n) is 3.58. The Morgan fingerprint density at radius 1 is 1.17 bits per heavy atom.